The van der Waals surface area contributed by atoms with Gasteiger partial charge in [-0.3, -0.25) is 0 Å². The molecule has 0 bridgehead atoms. The third-order valence-electron chi connectivity index (χ3n) is 9.19. The summed E-state index contributed by atoms with van der Waals surface area (Å²) in [5, 5.41) is 9.93. The van der Waals surface area contributed by atoms with Crippen LogP contribution in [0, 0.1) is 34.9 Å². The SMILES string of the molecule is CCC(O)c1ccc(C2=CCC(c3ccc(C4=CCC(c5ccc(C6CO6)c(F)c5F)CC4)c(F)c3F)CC2)c(F)c1F. The first-order chi connectivity index (χ1) is 20.7. The molecule has 0 saturated carbocycles. The summed E-state index contributed by atoms with van der Waals surface area (Å²) in [5.74, 6) is -6.31. The molecule has 0 aromatic heterocycles. The normalized spacial score (nSPS) is 22.7. The predicted octanol–water partition coefficient (Wildman–Crippen LogP) is 9.74. The Morgan fingerprint density at radius 2 is 1.14 bits per heavy atom. The summed E-state index contributed by atoms with van der Waals surface area (Å²) >= 11 is 0. The fraction of sp³-hybridized carbons (Fsp3) is 0.371. The average molecular weight is 599 g/mol. The van der Waals surface area contributed by atoms with Gasteiger partial charge in [-0.25, -0.2) is 26.3 Å². The second-order valence-electron chi connectivity index (χ2n) is 11.7. The van der Waals surface area contributed by atoms with Crippen LogP contribution in [0.1, 0.15) is 109 Å². The average Bonchev–Trinajstić information content (AvgIpc) is 3.87. The van der Waals surface area contributed by atoms with E-state index in [9.17, 15) is 22.7 Å². The van der Waals surface area contributed by atoms with E-state index in [0.29, 0.717) is 56.3 Å². The molecule has 3 aromatic rings. The molecule has 4 unspecified atom stereocenters. The maximum Gasteiger partial charge on any atom is 0.166 e. The molecule has 1 heterocycles. The Hall–Kier alpha value is -3.36. The molecule has 3 aromatic carbocycles. The second-order valence-corrected chi connectivity index (χ2v) is 11.7. The van der Waals surface area contributed by atoms with E-state index in [1.807, 2.05) is 0 Å². The van der Waals surface area contributed by atoms with E-state index >= 15 is 8.78 Å². The Kier molecular flexibility index (Phi) is 8.26. The maximum absolute atomic E-state index is 15.4. The van der Waals surface area contributed by atoms with E-state index < -0.39 is 41.0 Å². The van der Waals surface area contributed by atoms with Gasteiger partial charge >= 0.3 is 0 Å². The smallest absolute Gasteiger partial charge is 0.166 e. The van der Waals surface area contributed by atoms with Crippen LogP contribution in [-0.2, 0) is 4.74 Å². The number of aliphatic hydroxyl groups excluding tert-OH is 1. The molecule has 8 heteroatoms. The van der Waals surface area contributed by atoms with Gasteiger partial charge in [-0.05, 0) is 79.1 Å². The summed E-state index contributed by atoms with van der Waals surface area (Å²) in [6.07, 6.45) is 4.65. The summed E-state index contributed by atoms with van der Waals surface area (Å²) in [7, 11) is 0. The zero-order chi connectivity index (χ0) is 30.4. The van der Waals surface area contributed by atoms with Crippen LogP contribution in [0.3, 0.4) is 0 Å². The van der Waals surface area contributed by atoms with E-state index in [4.69, 9.17) is 4.74 Å². The minimum Gasteiger partial charge on any atom is -0.388 e. The van der Waals surface area contributed by atoms with Crippen LogP contribution in [0.4, 0.5) is 26.3 Å². The standard InChI is InChI=1S/C35H32F6O2/c1-2-28(42)26-15-13-24(32(38)34(26)40)20-7-3-18(4-8-20)22-11-12-23(31(37)30(22)36)19-5-9-21(10-6-19)25-14-16-27(29-17-43-29)35(41)33(25)39/h5,7,11-16,18,21,28-29,42H,2-4,6,8-10,17H2,1H3. The van der Waals surface area contributed by atoms with Crippen molar-refractivity contribution < 1.29 is 36.2 Å². The fourth-order valence-electron chi connectivity index (χ4n) is 6.51. The van der Waals surface area contributed by atoms with Gasteiger partial charge in [0.15, 0.2) is 34.9 Å². The molecule has 0 amide bonds. The van der Waals surface area contributed by atoms with Gasteiger partial charge in [0.2, 0.25) is 0 Å². The Labute approximate surface area is 246 Å². The number of benzene rings is 3. The molecule has 1 N–H and O–H groups in total. The lowest BCUT2D eigenvalue weighted by Crippen LogP contribution is -2.11. The lowest BCUT2D eigenvalue weighted by molar-refractivity contribution is 0.167. The number of allylic oxidation sites excluding steroid dienone is 4. The molecule has 1 saturated heterocycles. The second kappa shape index (κ2) is 12.0. The first kappa shape index (κ1) is 29.7. The highest BCUT2D eigenvalue weighted by Crippen LogP contribution is 2.43. The van der Waals surface area contributed by atoms with Crippen LogP contribution in [0.5, 0.6) is 0 Å². The molecule has 2 aliphatic carbocycles. The number of ether oxygens (including phenoxy) is 1. The molecule has 1 fully saturated rings. The van der Waals surface area contributed by atoms with Crippen molar-refractivity contribution in [1.29, 1.82) is 0 Å². The molecule has 43 heavy (non-hydrogen) atoms. The van der Waals surface area contributed by atoms with Crippen molar-refractivity contribution in [1.82, 2.24) is 0 Å². The summed E-state index contributed by atoms with van der Waals surface area (Å²) < 4.78 is 94.6. The highest BCUT2D eigenvalue weighted by atomic mass is 19.2. The van der Waals surface area contributed by atoms with Crippen LogP contribution >= 0.6 is 0 Å². The molecule has 1 aliphatic heterocycles. The number of hydrogen-bond donors (Lipinski definition) is 1. The third kappa shape index (κ3) is 5.55. The number of halogens is 6. The van der Waals surface area contributed by atoms with Crippen molar-refractivity contribution in [2.75, 3.05) is 6.61 Å². The van der Waals surface area contributed by atoms with Crippen LogP contribution in [0.15, 0.2) is 48.6 Å². The summed E-state index contributed by atoms with van der Waals surface area (Å²) in [4.78, 5) is 0. The Bertz CT molecular complexity index is 1620. The molecular weight excluding hydrogens is 566 g/mol. The van der Waals surface area contributed by atoms with Crippen LogP contribution in [-0.4, -0.2) is 11.7 Å². The van der Waals surface area contributed by atoms with E-state index in [1.165, 1.54) is 12.1 Å². The van der Waals surface area contributed by atoms with Crippen LogP contribution in [0.25, 0.3) is 11.1 Å². The predicted molar refractivity (Wildman–Crippen MR) is 152 cm³/mol. The van der Waals surface area contributed by atoms with Gasteiger partial charge in [0.25, 0.3) is 0 Å². The van der Waals surface area contributed by atoms with Gasteiger partial charge in [-0.2, -0.15) is 0 Å². The summed E-state index contributed by atoms with van der Waals surface area (Å²) in [6.45, 7) is 2.05. The first-order valence-electron chi connectivity index (χ1n) is 14.8. The van der Waals surface area contributed by atoms with Gasteiger partial charge in [0.05, 0.1) is 12.7 Å². The lowest BCUT2D eigenvalue weighted by Gasteiger charge is -2.26. The minimum absolute atomic E-state index is 0.0848. The first-order valence-corrected chi connectivity index (χ1v) is 14.8. The number of aliphatic hydroxyl groups is 1. The zero-order valence-electron chi connectivity index (χ0n) is 23.7. The third-order valence-corrected chi connectivity index (χ3v) is 9.19. The number of epoxide rings is 1. The molecule has 226 valence electrons. The van der Waals surface area contributed by atoms with Gasteiger partial charge in [0.1, 0.15) is 6.10 Å². The van der Waals surface area contributed by atoms with E-state index in [1.54, 1.807) is 43.3 Å². The largest absolute Gasteiger partial charge is 0.388 e. The van der Waals surface area contributed by atoms with Gasteiger partial charge < -0.3 is 9.84 Å². The van der Waals surface area contributed by atoms with Gasteiger partial charge in [-0.15, -0.1) is 0 Å². The molecular formula is C35H32F6O2. The summed E-state index contributed by atoms with van der Waals surface area (Å²) in [5.41, 5.74) is 2.14. The van der Waals surface area contributed by atoms with Gasteiger partial charge in [-0.1, -0.05) is 55.5 Å². The quantitative estimate of drug-likeness (QED) is 0.217. The van der Waals surface area contributed by atoms with E-state index in [0.717, 1.165) is 0 Å². The van der Waals surface area contributed by atoms with Crippen molar-refractivity contribution in [3.63, 3.8) is 0 Å². The van der Waals surface area contributed by atoms with Crippen LogP contribution < -0.4 is 0 Å². The number of rotatable bonds is 7. The summed E-state index contributed by atoms with van der Waals surface area (Å²) in [6, 6.07) is 9.15. The monoisotopic (exact) mass is 598 g/mol. The number of hydrogen-bond acceptors (Lipinski definition) is 2. The van der Waals surface area contributed by atoms with Gasteiger partial charge in [0, 0.05) is 22.3 Å². The highest BCUT2D eigenvalue weighted by Gasteiger charge is 2.32. The van der Waals surface area contributed by atoms with E-state index in [-0.39, 0.29) is 57.7 Å². The fourth-order valence-corrected chi connectivity index (χ4v) is 6.51. The van der Waals surface area contributed by atoms with E-state index in [2.05, 4.69) is 0 Å². The lowest BCUT2D eigenvalue weighted by atomic mass is 9.80. The molecule has 6 rings (SSSR count). The Morgan fingerprint density at radius 1 is 0.674 bits per heavy atom. The van der Waals surface area contributed by atoms with Crippen molar-refractivity contribution >= 4 is 11.1 Å². The molecule has 0 spiro atoms. The molecule has 0 radical (unpaired) electrons. The molecule has 4 atom stereocenters. The Balaban J connectivity index is 1.16. The molecule has 3 aliphatic rings. The highest BCUT2D eigenvalue weighted by molar-refractivity contribution is 5.69. The minimum atomic E-state index is -1.09. The van der Waals surface area contributed by atoms with Crippen molar-refractivity contribution in [2.45, 2.75) is 75.9 Å². The van der Waals surface area contributed by atoms with Crippen molar-refractivity contribution in [2.24, 2.45) is 0 Å². The Morgan fingerprint density at radius 3 is 1.65 bits per heavy atom. The van der Waals surface area contributed by atoms with Crippen molar-refractivity contribution in [3.05, 3.63) is 117 Å². The maximum atomic E-state index is 15.4. The topological polar surface area (TPSA) is 32.8 Å². The van der Waals surface area contributed by atoms with Crippen molar-refractivity contribution in [3.8, 4) is 0 Å². The molecule has 2 nitrogen and oxygen atoms in total. The zero-order valence-corrected chi connectivity index (χ0v) is 23.7. The van der Waals surface area contributed by atoms with Crippen LogP contribution in [0.2, 0.25) is 0 Å².